The van der Waals surface area contributed by atoms with E-state index in [0.29, 0.717) is 10.9 Å². The Bertz CT molecular complexity index is 466. The summed E-state index contributed by atoms with van der Waals surface area (Å²) >= 11 is 5.91. The first kappa shape index (κ1) is 9.27. The molecule has 0 aliphatic rings. The van der Waals surface area contributed by atoms with E-state index in [9.17, 15) is 0 Å². The first-order chi connectivity index (χ1) is 6.77. The molecule has 2 aromatic rings. The summed E-state index contributed by atoms with van der Waals surface area (Å²) in [6.45, 7) is 2.79. The summed E-state index contributed by atoms with van der Waals surface area (Å²) < 4.78 is 7.04. The molecule has 2 rings (SSSR count). The molecule has 2 aromatic heterocycles. The Morgan fingerprint density at radius 1 is 1.50 bits per heavy atom. The summed E-state index contributed by atoms with van der Waals surface area (Å²) in [5, 5.41) is 5.51. The molecule has 0 spiro atoms. The molecule has 5 heteroatoms. The minimum atomic E-state index is 0.371. The molecule has 0 amide bonds. The molecular formula is C9H10ClN3O. The van der Waals surface area contributed by atoms with Gasteiger partial charge < -0.3 is 4.74 Å². The second-order valence-electron chi connectivity index (χ2n) is 2.85. The molecule has 2 heterocycles. The zero-order valence-electron chi connectivity index (χ0n) is 7.99. The molecule has 4 nitrogen and oxygen atoms in total. The molecule has 74 valence electrons. The lowest BCUT2D eigenvalue weighted by molar-refractivity contribution is 0.415. The van der Waals surface area contributed by atoms with Crippen molar-refractivity contribution < 1.29 is 4.74 Å². The Balaban J connectivity index is 2.81. The van der Waals surface area contributed by atoms with Crippen LogP contribution in [0.3, 0.4) is 0 Å². The fraction of sp³-hybridized carbons (Fsp3) is 0.333. The highest BCUT2D eigenvalue weighted by Gasteiger charge is 2.12. The van der Waals surface area contributed by atoms with Gasteiger partial charge in [-0.05, 0) is 6.92 Å². The van der Waals surface area contributed by atoms with E-state index in [1.165, 1.54) is 0 Å². The van der Waals surface area contributed by atoms with Crippen molar-refractivity contribution in [3.05, 3.63) is 17.5 Å². The van der Waals surface area contributed by atoms with Crippen LogP contribution in [0.1, 0.15) is 6.92 Å². The number of hydrogen-bond donors (Lipinski definition) is 0. The highest BCUT2D eigenvalue weighted by molar-refractivity contribution is 6.31. The van der Waals surface area contributed by atoms with Gasteiger partial charge in [0, 0.05) is 18.1 Å². The number of pyridine rings is 1. The molecule has 0 unspecified atom stereocenters. The average Bonchev–Trinajstić information content (AvgIpc) is 2.61. The Kier molecular flexibility index (Phi) is 2.29. The summed E-state index contributed by atoms with van der Waals surface area (Å²) in [5.74, 6) is 0.587. The predicted molar refractivity (Wildman–Crippen MR) is 54.8 cm³/mol. The number of rotatable bonds is 2. The van der Waals surface area contributed by atoms with Gasteiger partial charge in [0.2, 0.25) is 0 Å². The van der Waals surface area contributed by atoms with Crippen LogP contribution in [0, 0.1) is 0 Å². The molecule has 0 radical (unpaired) electrons. The molecule has 0 fully saturated rings. The first-order valence-corrected chi connectivity index (χ1v) is 4.69. The second kappa shape index (κ2) is 3.46. The minimum absolute atomic E-state index is 0.371. The van der Waals surface area contributed by atoms with Gasteiger partial charge >= 0.3 is 0 Å². The van der Waals surface area contributed by atoms with Gasteiger partial charge in [-0.2, -0.15) is 5.10 Å². The van der Waals surface area contributed by atoms with Gasteiger partial charge in [-0.3, -0.25) is 4.68 Å². The summed E-state index contributed by atoms with van der Waals surface area (Å²) in [6.07, 6.45) is 3.45. The average molecular weight is 212 g/mol. The molecular weight excluding hydrogens is 202 g/mol. The van der Waals surface area contributed by atoms with Crippen LogP contribution in [0.5, 0.6) is 5.75 Å². The third kappa shape index (κ3) is 1.23. The maximum Gasteiger partial charge on any atom is 0.182 e. The molecule has 0 aliphatic carbocycles. The van der Waals surface area contributed by atoms with Crippen LogP contribution in [-0.2, 0) is 6.54 Å². The maximum atomic E-state index is 5.91. The maximum absolute atomic E-state index is 5.91. The zero-order chi connectivity index (χ0) is 10.1. The lowest BCUT2D eigenvalue weighted by atomic mass is 10.3. The lowest BCUT2D eigenvalue weighted by Crippen LogP contribution is -1.98. The summed E-state index contributed by atoms with van der Waals surface area (Å²) in [5.41, 5.74) is 0.898. The van der Waals surface area contributed by atoms with Gasteiger partial charge in [0.15, 0.2) is 10.9 Å². The predicted octanol–water partition coefficient (Wildman–Crippen LogP) is 2.11. The fourth-order valence-corrected chi connectivity index (χ4v) is 1.66. The van der Waals surface area contributed by atoms with E-state index in [0.717, 1.165) is 17.4 Å². The van der Waals surface area contributed by atoms with E-state index >= 15 is 0 Å². The van der Waals surface area contributed by atoms with Crippen LogP contribution in [0.15, 0.2) is 12.4 Å². The van der Waals surface area contributed by atoms with Gasteiger partial charge in [-0.25, -0.2) is 4.98 Å². The van der Waals surface area contributed by atoms with Gasteiger partial charge in [0.25, 0.3) is 0 Å². The smallest absolute Gasteiger partial charge is 0.182 e. The number of aryl methyl sites for hydroxylation is 1. The molecule has 0 atom stereocenters. The Labute approximate surface area is 86.5 Å². The summed E-state index contributed by atoms with van der Waals surface area (Å²) in [6, 6.07) is 0. The standard InChI is InChI=1S/C9H10ClN3O/c1-3-13-7-6(5-12-13)4-11-9(10)8(7)14-2/h4-5H,3H2,1-2H3. The molecule has 0 aromatic carbocycles. The van der Waals surface area contributed by atoms with Crippen LogP contribution in [0.25, 0.3) is 10.9 Å². The van der Waals surface area contributed by atoms with Crippen LogP contribution in [0.4, 0.5) is 0 Å². The number of aromatic nitrogens is 3. The van der Waals surface area contributed by atoms with Crippen molar-refractivity contribution in [2.75, 3.05) is 7.11 Å². The van der Waals surface area contributed by atoms with E-state index in [-0.39, 0.29) is 0 Å². The SMILES string of the molecule is CCn1ncc2cnc(Cl)c(OC)c21. The van der Waals surface area contributed by atoms with Crippen LogP contribution >= 0.6 is 11.6 Å². The van der Waals surface area contributed by atoms with Crippen molar-refractivity contribution >= 4 is 22.5 Å². The van der Waals surface area contributed by atoms with Crippen molar-refractivity contribution in [3.8, 4) is 5.75 Å². The van der Waals surface area contributed by atoms with Gasteiger partial charge in [0.05, 0.1) is 13.3 Å². The largest absolute Gasteiger partial charge is 0.491 e. The monoisotopic (exact) mass is 211 g/mol. The molecule has 14 heavy (non-hydrogen) atoms. The number of methoxy groups -OCH3 is 1. The normalized spacial score (nSPS) is 10.8. The number of hydrogen-bond acceptors (Lipinski definition) is 3. The van der Waals surface area contributed by atoms with Crippen molar-refractivity contribution in [2.45, 2.75) is 13.5 Å². The van der Waals surface area contributed by atoms with Crippen LogP contribution in [-0.4, -0.2) is 21.9 Å². The third-order valence-corrected chi connectivity index (χ3v) is 2.36. The second-order valence-corrected chi connectivity index (χ2v) is 3.20. The molecule has 0 saturated heterocycles. The number of fused-ring (bicyclic) bond motifs is 1. The first-order valence-electron chi connectivity index (χ1n) is 4.32. The van der Waals surface area contributed by atoms with Gasteiger partial charge in [0.1, 0.15) is 5.52 Å². The van der Waals surface area contributed by atoms with E-state index in [2.05, 4.69) is 10.1 Å². The summed E-state index contributed by atoms with van der Waals surface area (Å²) in [4.78, 5) is 4.01. The van der Waals surface area contributed by atoms with Crippen LogP contribution < -0.4 is 4.74 Å². The quantitative estimate of drug-likeness (QED) is 0.715. The third-order valence-electron chi connectivity index (χ3n) is 2.09. The number of nitrogens with zero attached hydrogens (tertiary/aromatic N) is 3. The Morgan fingerprint density at radius 3 is 2.93 bits per heavy atom. The summed E-state index contributed by atoms with van der Waals surface area (Å²) in [7, 11) is 1.58. The van der Waals surface area contributed by atoms with Gasteiger partial charge in [-0.1, -0.05) is 11.6 Å². The highest BCUT2D eigenvalue weighted by atomic mass is 35.5. The van der Waals surface area contributed by atoms with Crippen molar-refractivity contribution in [1.29, 1.82) is 0 Å². The van der Waals surface area contributed by atoms with E-state index in [4.69, 9.17) is 16.3 Å². The molecule has 0 aliphatic heterocycles. The lowest BCUT2D eigenvalue weighted by Gasteiger charge is -2.05. The van der Waals surface area contributed by atoms with Crippen molar-refractivity contribution in [3.63, 3.8) is 0 Å². The number of halogens is 1. The van der Waals surface area contributed by atoms with E-state index < -0.39 is 0 Å². The van der Waals surface area contributed by atoms with Crippen LogP contribution in [0.2, 0.25) is 5.15 Å². The number of ether oxygens (including phenoxy) is 1. The minimum Gasteiger partial charge on any atom is -0.491 e. The molecule has 0 N–H and O–H groups in total. The Morgan fingerprint density at radius 2 is 2.29 bits per heavy atom. The van der Waals surface area contributed by atoms with Gasteiger partial charge in [-0.15, -0.1) is 0 Å². The van der Waals surface area contributed by atoms with E-state index in [1.54, 1.807) is 19.5 Å². The highest BCUT2D eigenvalue weighted by Crippen LogP contribution is 2.30. The molecule has 0 saturated carbocycles. The topological polar surface area (TPSA) is 39.9 Å². The Hall–Kier alpha value is -1.29. The molecule has 0 bridgehead atoms. The van der Waals surface area contributed by atoms with Crippen molar-refractivity contribution in [2.24, 2.45) is 0 Å². The van der Waals surface area contributed by atoms with Crippen molar-refractivity contribution in [1.82, 2.24) is 14.8 Å². The fourth-order valence-electron chi connectivity index (χ4n) is 1.45. The van der Waals surface area contributed by atoms with E-state index in [1.807, 2.05) is 11.6 Å². The zero-order valence-corrected chi connectivity index (χ0v) is 8.75.